The largest absolute Gasteiger partial charge is 0.329 e. The van der Waals surface area contributed by atoms with Crippen LogP contribution in [0.4, 0.5) is 0 Å². The highest BCUT2D eigenvalue weighted by Gasteiger charge is 2.13. The molecule has 2 aromatic rings. The number of halogens is 1. The zero-order valence-corrected chi connectivity index (χ0v) is 11.0. The summed E-state index contributed by atoms with van der Waals surface area (Å²) in [5.41, 5.74) is 2.05. The highest BCUT2D eigenvalue weighted by atomic mass is 35.5. The standard InChI is InChI=1S/C12H15ClN2S/c1-3-8(4-2)15-10-7-5-6-9(13)11(10)14-12(15)16/h5-8H,3-4H2,1-2H3,(H,14,16). The van der Waals surface area contributed by atoms with Gasteiger partial charge < -0.3 is 9.55 Å². The molecule has 0 unspecified atom stereocenters. The molecule has 0 aliphatic heterocycles. The van der Waals surface area contributed by atoms with E-state index in [9.17, 15) is 0 Å². The molecular formula is C12H15ClN2S. The van der Waals surface area contributed by atoms with Crippen molar-refractivity contribution < 1.29 is 0 Å². The average Bonchev–Trinajstić information content (AvgIpc) is 2.60. The van der Waals surface area contributed by atoms with Crippen molar-refractivity contribution in [3.8, 4) is 0 Å². The molecule has 0 aliphatic carbocycles. The molecule has 1 aromatic heterocycles. The molecule has 2 rings (SSSR count). The summed E-state index contributed by atoms with van der Waals surface area (Å²) in [4.78, 5) is 3.19. The summed E-state index contributed by atoms with van der Waals surface area (Å²) in [5.74, 6) is 0. The Morgan fingerprint density at radius 3 is 2.69 bits per heavy atom. The lowest BCUT2D eigenvalue weighted by Gasteiger charge is -2.15. The Morgan fingerprint density at radius 1 is 1.38 bits per heavy atom. The maximum Gasteiger partial charge on any atom is 0.178 e. The van der Waals surface area contributed by atoms with Gasteiger partial charge in [0, 0.05) is 6.04 Å². The molecule has 0 radical (unpaired) electrons. The summed E-state index contributed by atoms with van der Waals surface area (Å²) >= 11 is 11.5. The van der Waals surface area contributed by atoms with Gasteiger partial charge in [0.1, 0.15) is 0 Å². The molecule has 1 N–H and O–H groups in total. The first kappa shape index (κ1) is 11.7. The molecule has 0 bridgehead atoms. The summed E-state index contributed by atoms with van der Waals surface area (Å²) in [6.45, 7) is 4.36. The number of imidazole rings is 1. The van der Waals surface area contributed by atoms with Crippen molar-refractivity contribution in [2.24, 2.45) is 0 Å². The van der Waals surface area contributed by atoms with Gasteiger partial charge in [0.15, 0.2) is 4.77 Å². The minimum absolute atomic E-state index is 0.444. The zero-order chi connectivity index (χ0) is 11.7. The van der Waals surface area contributed by atoms with Crippen molar-refractivity contribution in [1.82, 2.24) is 9.55 Å². The van der Waals surface area contributed by atoms with Gasteiger partial charge in [-0.15, -0.1) is 0 Å². The number of nitrogens with zero attached hydrogens (tertiary/aromatic N) is 1. The highest BCUT2D eigenvalue weighted by molar-refractivity contribution is 7.71. The van der Waals surface area contributed by atoms with Crippen molar-refractivity contribution >= 4 is 34.9 Å². The second-order valence-electron chi connectivity index (χ2n) is 3.90. The highest BCUT2D eigenvalue weighted by Crippen LogP contribution is 2.27. The Morgan fingerprint density at radius 2 is 2.06 bits per heavy atom. The van der Waals surface area contributed by atoms with Gasteiger partial charge >= 0.3 is 0 Å². The van der Waals surface area contributed by atoms with E-state index < -0.39 is 0 Å². The minimum Gasteiger partial charge on any atom is -0.329 e. The van der Waals surface area contributed by atoms with E-state index in [1.165, 1.54) is 0 Å². The number of aromatic amines is 1. The summed E-state index contributed by atoms with van der Waals surface area (Å²) in [7, 11) is 0. The molecule has 86 valence electrons. The summed E-state index contributed by atoms with van der Waals surface area (Å²) in [6.07, 6.45) is 2.15. The Labute approximate surface area is 105 Å². The Hall–Kier alpha value is -0.800. The fourth-order valence-corrected chi connectivity index (χ4v) is 2.70. The number of benzene rings is 1. The number of hydrogen-bond acceptors (Lipinski definition) is 1. The lowest BCUT2D eigenvalue weighted by atomic mass is 10.1. The van der Waals surface area contributed by atoms with Gasteiger partial charge in [0.05, 0.1) is 16.1 Å². The molecule has 16 heavy (non-hydrogen) atoms. The van der Waals surface area contributed by atoms with Crippen LogP contribution in [0.25, 0.3) is 11.0 Å². The van der Waals surface area contributed by atoms with E-state index in [4.69, 9.17) is 23.8 Å². The van der Waals surface area contributed by atoms with Crippen LogP contribution < -0.4 is 0 Å². The van der Waals surface area contributed by atoms with E-state index >= 15 is 0 Å². The number of fused-ring (bicyclic) bond motifs is 1. The Bertz CT molecular complexity index is 552. The molecule has 1 heterocycles. The number of rotatable bonds is 3. The normalized spacial score (nSPS) is 11.5. The SMILES string of the molecule is CCC(CC)n1c(=S)[nH]c2c(Cl)cccc21. The number of hydrogen-bond donors (Lipinski definition) is 1. The number of para-hydroxylation sites is 1. The third-order valence-electron chi connectivity index (χ3n) is 3.01. The summed E-state index contributed by atoms with van der Waals surface area (Å²) in [5, 5.41) is 0.730. The smallest absolute Gasteiger partial charge is 0.178 e. The lowest BCUT2D eigenvalue weighted by molar-refractivity contribution is 0.478. The molecule has 2 nitrogen and oxygen atoms in total. The second-order valence-corrected chi connectivity index (χ2v) is 4.70. The molecule has 0 aliphatic rings. The Kier molecular flexibility index (Phi) is 3.36. The van der Waals surface area contributed by atoms with Gasteiger partial charge in [0.25, 0.3) is 0 Å². The van der Waals surface area contributed by atoms with Crippen LogP contribution in [-0.2, 0) is 0 Å². The molecule has 0 spiro atoms. The topological polar surface area (TPSA) is 20.7 Å². The van der Waals surface area contributed by atoms with Gasteiger partial charge in [-0.2, -0.15) is 0 Å². The van der Waals surface area contributed by atoms with E-state index in [0.717, 1.165) is 33.7 Å². The number of H-pyrrole nitrogens is 1. The van der Waals surface area contributed by atoms with E-state index in [-0.39, 0.29) is 0 Å². The summed E-state index contributed by atoms with van der Waals surface area (Å²) < 4.78 is 2.94. The van der Waals surface area contributed by atoms with E-state index in [1.54, 1.807) is 0 Å². The molecule has 0 atom stereocenters. The van der Waals surface area contributed by atoms with Crippen molar-refractivity contribution in [1.29, 1.82) is 0 Å². The molecule has 0 saturated heterocycles. The van der Waals surface area contributed by atoms with Crippen LogP contribution in [0.1, 0.15) is 32.7 Å². The predicted molar refractivity (Wildman–Crippen MR) is 71.8 cm³/mol. The van der Waals surface area contributed by atoms with Gasteiger partial charge in [-0.25, -0.2) is 0 Å². The van der Waals surface area contributed by atoms with E-state index in [1.807, 2.05) is 12.1 Å². The predicted octanol–water partition coefficient (Wildman–Crippen LogP) is 4.71. The van der Waals surface area contributed by atoms with Crippen molar-refractivity contribution in [3.63, 3.8) is 0 Å². The monoisotopic (exact) mass is 254 g/mol. The Balaban J connectivity index is 2.74. The van der Waals surface area contributed by atoms with Crippen molar-refractivity contribution in [2.45, 2.75) is 32.7 Å². The first-order valence-corrected chi connectivity index (χ1v) is 6.36. The van der Waals surface area contributed by atoms with Gasteiger partial charge in [-0.3, -0.25) is 0 Å². The maximum atomic E-state index is 6.14. The van der Waals surface area contributed by atoms with Crippen LogP contribution in [-0.4, -0.2) is 9.55 Å². The van der Waals surface area contributed by atoms with Crippen LogP contribution in [0.2, 0.25) is 5.02 Å². The van der Waals surface area contributed by atoms with Gasteiger partial charge in [0.2, 0.25) is 0 Å². The van der Waals surface area contributed by atoms with Crippen LogP contribution in [0.15, 0.2) is 18.2 Å². The zero-order valence-electron chi connectivity index (χ0n) is 9.46. The second kappa shape index (κ2) is 4.60. The van der Waals surface area contributed by atoms with Crippen LogP contribution in [0.5, 0.6) is 0 Å². The van der Waals surface area contributed by atoms with Crippen molar-refractivity contribution in [2.75, 3.05) is 0 Å². The molecular weight excluding hydrogens is 240 g/mol. The molecule has 0 fully saturated rings. The third-order valence-corrected chi connectivity index (χ3v) is 3.62. The maximum absolute atomic E-state index is 6.14. The van der Waals surface area contributed by atoms with E-state index in [2.05, 4.69) is 29.5 Å². The fourth-order valence-electron chi connectivity index (χ4n) is 2.13. The van der Waals surface area contributed by atoms with Gasteiger partial charge in [-0.1, -0.05) is 31.5 Å². The molecule has 0 saturated carbocycles. The first-order chi connectivity index (χ1) is 7.69. The lowest BCUT2D eigenvalue weighted by Crippen LogP contribution is -2.06. The number of nitrogens with one attached hydrogen (secondary N) is 1. The average molecular weight is 255 g/mol. The van der Waals surface area contributed by atoms with Crippen LogP contribution in [0.3, 0.4) is 0 Å². The minimum atomic E-state index is 0.444. The molecule has 1 aromatic carbocycles. The van der Waals surface area contributed by atoms with E-state index in [0.29, 0.717) is 6.04 Å². The third kappa shape index (κ3) is 1.78. The first-order valence-electron chi connectivity index (χ1n) is 5.57. The number of aromatic nitrogens is 2. The molecule has 0 amide bonds. The quantitative estimate of drug-likeness (QED) is 0.787. The molecule has 4 heteroatoms. The summed E-state index contributed by atoms with van der Waals surface area (Å²) in [6, 6.07) is 6.35. The van der Waals surface area contributed by atoms with Crippen LogP contribution in [0, 0.1) is 4.77 Å². The fraction of sp³-hybridized carbons (Fsp3) is 0.417. The van der Waals surface area contributed by atoms with Gasteiger partial charge in [-0.05, 0) is 37.2 Å². The van der Waals surface area contributed by atoms with Crippen molar-refractivity contribution in [3.05, 3.63) is 28.0 Å². The van der Waals surface area contributed by atoms with Crippen LogP contribution >= 0.6 is 23.8 Å².